The average Bonchev–Trinajstić information content (AvgIpc) is 2.64. The number of nitrogens with one attached hydrogen (secondary N) is 2. The first-order valence-electron chi connectivity index (χ1n) is 4.95. The van der Waals surface area contributed by atoms with E-state index >= 15 is 0 Å². The van der Waals surface area contributed by atoms with Gasteiger partial charge in [-0.15, -0.1) is 0 Å². The summed E-state index contributed by atoms with van der Waals surface area (Å²) in [6, 6.07) is -0.0363. The molecule has 1 aromatic heterocycles. The third-order valence-electron chi connectivity index (χ3n) is 2.56. The predicted octanol–water partition coefficient (Wildman–Crippen LogP) is -1.76. The number of aromatic amines is 2. The fraction of sp³-hybridized carbons (Fsp3) is 0.444. The maximum atomic E-state index is 11.9. The molecule has 0 spiro atoms. The molecule has 7 heteroatoms. The lowest BCUT2D eigenvalue weighted by molar-refractivity contribution is 0.0788. The minimum absolute atomic E-state index is 0.0363. The van der Waals surface area contributed by atoms with E-state index in [4.69, 9.17) is 5.73 Å². The number of nitrogens with zero attached hydrogens (tertiary/aromatic N) is 1. The molecular weight excluding hydrogens is 212 g/mol. The number of rotatable bonds is 1. The van der Waals surface area contributed by atoms with Crippen LogP contribution in [0.4, 0.5) is 0 Å². The Morgan fingerprint density at radius 2 is 2.25 bits per heavy atom. The van der Waals surface area contributed by atoms with Gasteiger partial charge in [0.15, 0.2) is 0 Å². The Kier molecular flexibility index (Phi) is 2.61. The van der Waals surface area contributed by atoms with Crippen LogP contribution in [0, 0.1) is 0 Å². The molecule has 2 rings (SSSR count). The molecule has 0 unspecified atom stereocenters. The number of aromatic nitrogens is 2. The number of nitrogens with two attached hydrogens (primary N) is 1. The summed E-state index contributed by atoms with van der Waals surface area (Å²) in [4.78, 5) is 39.8. The van der Waals surface area contributed by atoms with Gasteiger partial charge in [-0.1, -0.05) is 0 Å². The van der Waals surface area contributed by atoms with Crippen LogP contribution in [-0.4, -0.2) is 39.9 Å². The number of H-pyrrole nitrogens is 2. The molecule has 86 valence electrons. The highest BCUT2D eigenvalue weighted by atomic mass is 16.2. The Morgan fingerprint density at radius 3 is 2.81 bits per heavy atom. The third-order valence-corrected chi connectivity index (χ3v) is 2.56. The molecule has 1 aliphatic rings. The van der Waals surface area contributed by atoms with Crippen LogP contribution < -0.4 is 17.0 Å². The maximum absolute atomic E-state index is 11.9. The van der Waals surface area contributed by atoms with E-state index in [0.29, 0.717) is 13.1 Å². The average molecular weight is 224 g/mol. The summed E-state index contributed by atoms with van der Waals surface area (Å²) in [5, 5.41) is 0. The number of hydrogen-bond donors (Lipinski definition) is 3. The number of carbonyl (C=O) groups is 1. The fourth-order valence-electron chi connectivity index (χ4n) is 1.71. The van der Waals surface area contributed by atoms with Gasteiger partial charge in [-0.25, -0.2) is 4.79 Å². The highest BCUT2D eigenvalue weighted by molar-refractivity contribution is 5.93. The van der Waals surface area contributed by atoms with Crippen molar-refractivity contribution in [3.63, 3.8) is 0 Å². The monoisotopic (exact) mass is 224 g/mol. The molecule has 1 saturated heterocycles. The first-order chi connectivity index (χ1) is 7.58. The molecule has 2 heterocycles. The lowest BCUT2D eigenvalue weighted by Crippen LogP contribution is -2.37. The Balaban J connectivity index is 2.28. The second-order valence-corrected chi connectivity index (χ2v) is 3.79. The van der Waals surface area contributed by atoms with Gasteiger partial charge in [0.05, 0.1) is 0 Å². The van der Waals surface area contributed by atoms with Crippen molar-refractivity contribution in [2.24, 2.45) is 5.73 Å². The molecule has 1 aromatic rings. The standard InChI is InChI=1S/C9H12N4O3/c10-5-1-2-13(4-5)8(15)6-3-11-9(16)12-7(6)14/h3,5H,1-2,4,10H2,(H2,11,12,14,16)/t5-/m0/s1. The summed E-state index contributed by atoms with van der Waals surface area (Å²) in [6.07, 6.45) is 1.86. The quantitative estimate of drug-likeness (QED) is 0.524. The van der Waals surface area contributed by atoms with Crippen LogP contribution in [0.15, 0.2) is 15.8 Å². The molecular formula is C9H12N4O3. The highest BCUT2D eigenvalue weighted by Crippen LogP contribution is 2.09. The van der Waals surface area contributed by atoms with Crippen LogP contribution in [0.25, 0.3) is 0 Å². The lowest BCUT2D eigenvalue weighted by Gasteiger charge is -2.14. The van der Waals surface area contributed by atoms with Crippen molar-refractivity contribution in [1.29, 1.82) is 0 Å². The second-order valence-electron chi connectivity index (χ2n) is 3.79. The minimum atomic E-state index is -0.672. The van der Waals surface area contributed by atoms with Gasteiger partial charge >= 0.3 is 5.69 Å². The molecule has 1 aliphatic heterocycles. The van der Waals surface area contributed by atoms with Crippen LogP contribution in [0.3, 0.4) is 0 Å². The van der Waals surface area contributed by atoms with E-state index in [1.807, 2.05) is 4.98 Å². The zero-order valence-corrected chi connectivity index (χ0v) is 8.53. The molecule has 0 saturated carbocycles. The van der Waals surface area contributed by atoms with Crippen LogP contribution in [-0.2, 0) is 0 Å². The van der Waals surface area contributed by atoms with Gasteiger partial charge in [-0.3, -0.25) is 14.6 Å². The van der Waals surface area contributed by atoms with E-state index in [2.05, 4.69) is 4.98 Å². The van der Waals surface area contributed by atoms with Gasteiger partial charge in [-0.05, 0) is 6.42 Å². The Morgan fingerprint density at radius 1 is 1.50 bits per heavy atom. The van der Waals surface area contributed by atoms with E-state index in [0.717, 1.165) is 12.6 Å². The lowest BCUT2D eigenvalue weighted by atomic mass is 10.3. The number of hydrogen-bond acceptors (Lipinski definition) is 4. The van der Waals surface area contributed by atoms with Gasteiger partial charge in [0.1, 0.15) is 5.56 Å². The largest absolute Gasteiger partial charge is 0.337 e. The molecule has 0 aliphatic carbocycles. The Labute approximate surface area is 90.3 Å². The number of amides is 1. The van der Waals surface area contributed by atoms with Crippen molar-refractivity contribution in [2.75, 3.05) is 13.1 Å². The smallest absolute Gasteiger partial charge is 0.325 e. The van der Waals surface area contributed by atoms with Gasteiger partial charge in [0.2, 0.25) is 0 Å². The molecule has 16 heavy (non-hydrogen) atoms. The SMILES string of the molecule is N[C@H]1CCN(C(=O)c2c[nH]c(=O)[nH]c2=O)C1. The molecule has 1 amide bonds. The summed E-state index contributed by atoms with van der Waals surface area (Å²) >= 11 is 0. The van der Waals surface area contributed by atoms with Gasteiger partial charge < -0.3 is 15.6 Å². The van der Waals surface area contributed by atoms with Crippen LogP contribution in [0.2, 0.25) is 0 Å². The molecule has 0 radical (unpaired) electrons. The van der Waals surface area contributed by atoms with E-state index < -0.39 is 17.2 Å². The Bertz CT molecular complexity index is 518. The number of carbonyl (C=O) groups excluding carboxylic acids is 1. The molecule has 0 aromatic carbocycles. The van der Waals surface area contributed by atoms with Crippen LogP contribution in [0.5, 0.6) is 0 Å². The fourth-order valence-corrected chi connectivity index (χ4v) is 1.71. The summed E-state index contributed by atoms with van der Waals surface area (Å²) in [7, 11) is 0. The first kappa shape index (κ1) is 10.6. The number of likely N-dealkylation sites (tertiary alicyclic amines) is 1. The van der Waals surface area contributed by atoms with Crippen molar-refractivity contribution >= 4 is 5.91 Å². The highest BCUT2D eigenvalue weighted by Gasteiger charge is 2.26. The van der Waals surface area contributed by atoms with Crippen molar-refractivity contribution in [3.8, 4) is 0 Å². The van der Waals surface area contributed by atoms with Crippen molar-refractivity contribution < 1.29 is 4.79 Å². The van der Waals surface area contributed by atoms with E-state index in [1.54, 1.807) is 0 Å². The summed E-state index contributed by atoms with van der Waals surface area (Å²) in [5.74, 6) is -0.398. The molecule has 7 nitrogen and oxygen atoms in total. The normalized spacial score (nSPS) is 20.1. The van der Waals surface area contributed by atoms with Crippen molar-refractivity contribution in [1.82, 2.24) is 14.9 Å². The molecule has 4 N–H and O–H groups in total. The zero-order chi connectivity index (χ0) is 11.7. The first-order valence-corrected chi connectivity index (χ1v) is 4.95. The zero-order valence-electron chi connectivity index (χ0n) is 8.53. The Hall–Kier alpha value is -1.89. The summed E-state index contributed by atoms with van der Waals surface area (Å²) in [6.45, 7) is 0.982. The van der Waals surface area contributed by atoms with Crippen molar-refractivity contribution in [2.45, 2.75) is 12.5 Å². The van der Waals surface area contributed by atoms with Crippen molar-refractivity contribution in [3.05, 3.63) is 32.6 Å². The van der Waals surface area contributed by atoms with E-state index in [-0.39, 0.29) is 11.6 Å². The van der Waals surface area contributed by atoms with Crippen LogP contribution in [0.1, 0.15) is 16.8 Å². The summed E-state index contributed by atoms with van der Waals surface area (Å²) < 4.78 is 0. The third kappa shape index (κ3) is 1.89. The minimum Gasteiger partial charge on any atom is -0.337 e. The van der Waals surface area contributed by atoms with Crippen LogP contribution >= 0.6 is 0 Å². The molecule has 0 bridgehead atoms. The maximum Gasteiger partial charge on any atom is 0.325 e. The topological polar surface area (TPSA) is 112 Å². The second kappa shape index (κ2) is 3.93. The molecule has 1 atom stereocenters. The van der Waals surface area contributed by atoms with Gasteiger partial charge in [0, 0.05) is 25.3 Å². The van der Waals surface area contributed by atoms with E-state index in [9.17, 15) is 14.4 Å². The van der Waals surface area contributed by atoms with E-state index in [1.165, 1.54) is 4.90 Å². The van der Waals surface area contributed by atoms with Gasteiger partial charge in [-0.2, -0.15) is 0 Å². The summed E-state index contributed by atoms with van der Waals surface area (Å²) in [5.41, 5.74) is 4.31. The molecule has 1 fully saturated rings. The van der Waals surface area contributed by atoms with Gasteiger partial charge in [0.25, 0.3) is 11.5 Å². The predicted molar refractivity (Wildman–Crippen MR) is 56.2 cm³/mol.